The number of nitrogens with zero attached hydrogens (tertiary/aromatic N) is 5. The van der Waals surface area contributed by atoms with Crippen LogP contribution < -0.4 is 10.2 Å². The van der Waals surface area contributed by atoms with Crippen LogP contribution in [0.5, 0.6) is 0 Å². The van der Waals surface area contributed by atoms with E-state index in [2.05, 4.69) is 29.4 Å². The summed E-state index contributed by atoms with van der Waals surface area (Å²) in [6, 6.07) is 4.60. The maximum Gasteiger partial charge on any atom is 0.153 e. The average molecular weight is 554 g/mol. The highest BCUT2D eigenvalue weighted by atomic mass is 32.2. The molecule has 39 heavy (non-hydrogen) atoms. The number of halogens is 2. The molecule has 0 bridgehead atoms. The fourth-order valence-electron chi connectivity index (χ4n) is 4.47. The van der Waals surface area contributed by atoms with E-state index in [9.17, 15) is 0 Å². The molecule has 0 spiro atoms. The van der Waals surface area contributed by atoms with E-state index in [0.717, 1.165) is 47.6 Å². The van der Waals surface area contributed by atoms with Crippen LogP contribution >= 0.6 is 11.8 Å². The molecule has 1 saturated carbocycles. The number of aryl methyl sites for hydroxylation is 3. The van der Waals surface area contributed by atoms with Crippen LogP contribution in [0, 0.1) is 31.4 Å². The van der Waals surface area contributed by atoms with Gasteiger partial charge in [-0.3, -0.25) is 5.10 Å². The standard InChI is InChI=1S/C29H37F2N7S/c1-9-16(2)26(24-15-37(6)18(4)32-24)27(20-10-11-20)29(34-25-12-17(3)35-36-25)33-19(5)38(7)28-22(30)13-21(39-8)14-23(28)31/h12-15,20H,9-11H2,1-8H3,(H2,34,35,36)/b26-16+,29-27+,33-19+. The van der Waals surface area contributed by atoms with Crippen molar-refractivity contribution in [3.8, 4) is 0 Å². The van der Waals surface area contributed by atoms with Gasteiger partial charge in [-0.2, -0.15) is 5.10 Å². The number of hydrogen-bond donors (Lipinski definition) is 2. The van der Waals surface area contributed by atoms with E-state index in [1.165, 1.54) is 34.4 Å². The highest BCUT2D eigenvalue weighted by Crippen LogP contribution is 2.46. The maximum atomic E-state index is 15.0. The van der Waals surface area contributed by atoms with Crippen molar-refractivity contribution in [2.75, 3.05) is 23.5 Å². The molecule has 2 heterocycles. The molecular weight excluding hydrogens is 516 g/mol. The number of H-pyrrole nitrogens is 1. The number of aromatic nitrogens is 4. The lowest BCUT2D eigenvalue weighted by Crippen LogP contribution is -2.26. The van der Waals surface area contributed by atoms with Gasteiger partial charge in [0.15, 0.2) is 17.5 Å². The fourth-order valence-corrected chi connectivity index (χ4v) is 4.91. The first-order valence-corrected chi connectivity index (χ1v) is 14.3. The number of rotatable bonds is 9. The molecule has 1 aliphatic rings. The second kappa shape index (κ2) is 11.8. The van der Waals surface area contributed by atoms with E-state index in [-0.39, 0.29) is 11.6 Å². The molecule has 1 aliphatic carbocycles. The zero-order valence-corrected chi connectivity index (χ0v) is 24.7. The van der Waals surface area contributed by atoms with Crippen molar-refractivity contribution in [3.05, 3.63) is 70.2 Å². The van der Waals surface area contributed by atoms with Gasteiger partial charge in [-0.25, -0.2) is 18.8 Å². The van der Waals surface area contributed by atoms with Gasteiger partial charge in [-0.05, 0) is 71.3 Å². The summed E-state index contributed by atoms with van der Waals surface area (Å²) in [7, 11) is 3.61. The van der Waals surface area contributed by atoms with Crippen LogP contribution in [0.2, 0.25) is 0 Å². The van der Waals surface area contributed by atoms with Gasteiger partial charge in [0.1, 0.15) is 23.2 Å². The topological polar surface area (TPSA) is 74.1 Å². The number of amidine groups is 1. The predicted molar refractivity (Wildman–Crippen MR) is 157 cm³/mol. The van der Waals surface area contributed by atoms with Gasteiger partial charge < -0.3 is 14.8 Å². The molecule has 2 aromatic heterocycles. The van der Waals surface area contributed by atoms with Crippen molar-refractivity contribution in [3.63, 3.8) is 0 Å². The molecule has 3 aromatic rings. The predicted octanol–water partition coefficient (Wildman–Crippen LogP) is 7.23. The smallest absolute Gasteiger partial charge is 0.153 e. The summed E-state index contributed by atoms with van der Waals surface area (Å²) in [5.74, 6) is 1.58. The number of imidazole rings is 1. The zero-order valence-electron chi connectivity index (χ0n) is 23.9. The Morgan fingerprint density at radius 3 is 2.36 bits per heavy atom. The minimum Gasteiger partial charge on any atom is -0.338 e. The van der Waals surface area contributed by atoms with E-state index in [1.807, 2.05) is 37.7 Å². The molecule has 10 heteroatoms. The lowest BCUT2D eigenvalue weighted by molar-refractivity contribution is 0.579. The van der Waals surface area contributed by atoms with Crippen LogP contribution in [-0.4, -0.2) is 38.9 Å². The van der Waals surface area contributed by atoms with Crippen molar-refractivity contribution in [1.29, 1.82) is 0 Å². The summed E-state index contributed by atoms with van der Waals surface area (Å²) in [4.78, 5) is 11.8. The van der Waals surface area contributed by atoms with Crippen LogP contribution in [-0.2, 0) is 7.05 Å². The van der Waals surface area contributed by atoms with Crippen LogP contribution in [0.25, 0.3) is 5.57 Å². The zero-order chi connectivity index (χ0) is 28.4. The molecule has 0 amide bonds. The number of anilines is 2. The Morgan fingerprint density at radius 2 is 1.87 bits per heavy atom. The number of thioether (sulfide) groups is 1. The van der Waals surface area contributed by atoms with Crippen LogP contribution in [0.3, 0.4) is 0 Å². The molecule has 4 rings (SSSR count). The molecule has 2 N–H and O–H groups in total. The summed E-state index contributed by atoms with van der Waals surface area (Å²) >= 11 is 1.29. The van der Waals surface area contributed by atoms with E-state index >= 15 is 8.78 Å². The minimum atomic E-state index is -0.633. The third kappa shape index (κ3) is 6.27. The van der Waals surface area contributed by atoms with Gasteiger partial charge in [-0.15, -0.1) is 11.8 Å². The second-order valence-corrected chi connectivity index (χ2v) is 10.9. The number of hydrogen-bond acceptors (Lipinski definition) is 5. The Bertz CT molecular complexity index is 1420. The normalized spacial score (nSPS) is 15.3. The van der Waals surface area contributed by atoms with Gasteiger partial charge in [0.25, 0.3) is 0 Å². The Balaban J connectivity index is 1.91. The molecule has 0 atom stereocenters. The molecule has 1 aromatic carbocycles. The largest absolute Gasteiger partial charge is 0.338 e. The van der Waals surface area contributed by atoms with E-state index < -0.39 is 11.6 Å². The maximum absolute atomic E-state index is 15.0. The molecule has 7 nitrogen and oxygen atoms in total. The molecule has 0 aliphatic heterocycles. The second-order valence-electron chi connectivity index (χ2n) is 10.0. The van der Waals surface area contributed by atoms with Crippen molar-refractivity contribution in [2.24, 2.45) is 18.0 Å². The first-order valence-electron chi connectivity index (χ1n) is 13.1. The van der Waals surface area contributed by atoms with Gasteiger partial charge in [0, 0.05) is 48.1 Å². The number of aliphatic imine (C=N–C) groups is 1. The van der Waals surface area contributed by atoms with Crippen LogP contribution in [0.4, 0.5) is 20.3 Å². The summed E-state index contributed by atoms with van der Waals surface area (Å²) in [5.41, 5.74) is 4.94. The fraction of sp³-hybridized carbons (Fsp3) is 0.414. The molecule has 0 radical (unpaired) electrons. The van der Waals surface area contributed by atoms with Gasteiger partial charge in [0.05, 0.1) is 5.69 Å². The third-order valence-electron chi connectivity index (χ3n) is 7.10. The molecule has 208 valence electrons. The van der Waals surface area contributed by atoms with Crippen molar-refractivity contribution in [1.82, 2.24) is 19.7 Å². The van der Waals surface area contributed by atoms with Crippen LogP contribution in [0.15, 0.2) is 51.3 Å². The van der Waals surface area contributed by atoms with Gasteiger partial charge in [-0.1, -0.05) is 12.5 Å². The van der Waals surface area contributed by atoms with Crippen LogP contribution in [0.1, 0.15) is 57.2 Å². The average Bonchev–Trinajstić information content (AvgIpc) is 3.56. The Hall–Kier alpha value is -3.40. The molecule has 1 fully saturated rings. The third-order valence-corrected chi connectivity index (χ3v) is 7.81. The van der Waals surface area contributed by atoms with E-state index in [1.54, 1.807) is 20.2 Å². The summed E-state index contributed by atoms with van der Waals surface area (Å²) in [6.07, 6.45) is 6.72. The molecule has 0 unspecified atom stereocenters. The quantitative estimate of drug-likeness (QED) is 0.127. The lowest BCUT2D eigenvalue weighted by atomic mass is 9.93. The lowest BCUT2D eigenvalue weighted by Gasteiger charge is -2.23. The Labute approximate surface area is 233 Å². The first-order chi connectivity index (χ1) is 18.5. The summed E-state index contributed by atoms with van der Waals surface area (Å²) < 4.78 is 32.1. The number of aromatic amines is 1. The number of benzene rings is 1. The Morgan fingerprint density at radius 1 is 1.21 bits per heavy atom. The van der Waals surface area contributed by atoms with Gasteiger partial charge >= 0.3 is 0 Å². The summed E-state index contributed by atoms with van der Waals surface area (Å²) in [6.45, 7) is 9.92. The Kier molecular flexibility index (Phi) is 8.64. The summed E-state index contributed by atoms with van der Waals surface area (Å²) in [5, 5.41) is 10.8. The van der Waals surface area contributed by atoms with E-state index in [0.29, 0.717) is 22.4 Å². The first kappa shape index (κ1) is 28.6. The van der Waals surface area contributed by atoms with Gasteiger partial charge in [0.2, 0.25) is 0 Å². The number of nitrogens with one attached hydrogen (secondary N) is 2. The SMILES string of the molecule is CC/C(C)=C(/C(=C(\N=C(/C)N(C)c1c(F)cc(SC)cc1F)Nc1cc(C)[nH]n1)C1CC1)c1cn(C)c(C)n1. The van der Waals surface area contributed by atoms with E-state index in [4.69, 9.17) is 9.98 Å². The van der Waals surface area contributed by atoms with Crippen molar-refractivity contribution >= 4 is 34.7 Å². The van der Waals surface area contributed by atoms with Crippen molar-refractivity contribution < 1.29 is 8.78 Å². The highest BCUT2D eigenvalue weighted by molar-refractivity contribution is 7.98. The molecular formula is C29H37F2N7S. The molecule has 0 saturated heterocycles. The number of allylic oxidation sites excluding steroid dienone is 3. The van der Waals surface area contributed by atoms with Crippen molar-refractivity contribution in [2.45, 2.75) is 58.8 Å². The monoisotopic (exact) mass is 553 g/mol. The minimum absolute atomic E-state index is 0.141. The highest BCUT2D eigenvalue weighted by Gasteiger charge is 2.34.